The molecule has 0 atom stereocenters. The lowest BCUT2D eigenvalue weighted by molar-refractivity contribution is -0.114. The van der Waals surface area contributed by atoms with Gasteiger partial charge >= 0.3 is 0 Å². The highest BCUT2D eigenvalue weighted by Gasteiger charge is 2.16. The summed E-state index contributed by atoms with van der Waals surface area (Å²) in [6.45, 7) is 2.76. The van der Waals surface area contributed by atoms with Gasteiger partial charge in [0.1, 0.15) is 0 Å². The summed E-state index contributed by atoms with van der Waals surface area (Å²) >= 11 is 6.05. The molecular weight excluding hydrogens is 352 g/mol. The lowest BCUT2D eigenvalue weighted by Gasteiger charge is -2.11. The molecule has 0 aromatic heterocycles. The normalized spacial score (nSPS) is 11.0. The summed E-state index contributed by atoms with van der Waals surface area (Å²) < 4.78 is 27.1. The van der Waals surface area contributed by atoms with Crippen LogP contribution in [0.1, 0.15) is 24.2 Å². The van der Waals surface area contributed by atoms with Gasteiger partial charge in [-0.15, -0.1) is 0 Å². The van der Waals surface area contributed by atoms with Crippen molar-refractivity contribution < 1.29 is 18.0 Å². The second-order valence-corrected chi connectivity index (χ2v) is 7.15. The summed E-state index contributed by atoms with van der Waals surface area (Å²) in [4.78, 5) is 22.3. The monoisotopic (exact) mass is 366 g/mol. The van der Waals surface area contributed by atoms with Gasteiger partial charge in [-0.3, -0.25) is 14.3 Å². The largest absolute Gasteiger partial charge is 0.326 e. The van der Waals surface area contributed by atoms with Crippen molar-refractivity contribution in [1.82, 2.24) is 0 Å². The van der Waals surface area contributed by atoms with Gasteiger partial charge in [-0.1, -0.05) is 23.7 Å². The first kappa shape index (κ1) is 18.0. The lowest BCUT2D eigenvalue weighted by Crippen LogP contribution is -2.13. The van der Waals surface area contributed by atoms with E-state index >= 15 is 0 Å². The van der Waals surface area contributed by atoms with Crippen LogP contribution in [0.3, 0.4) is 0 Å². The van der Waals surface area contributed by atoms with Crippen LogP contribution in [0.4, 0.5) is 11.4 Å². The molecule has 0 unspecified atom stereocenters. The van der Waals surface area contributed by atoms with Gasteiger partial charge in [0.25, 0.3) is 10.0 Å². The van der Waals surface area contributed by atoms with Crippen LogP contribution in [0.15, 0.2) is 47.4 Å². The first-order chi connectivity index (χ1) is 11.2. The standard InChI is InChI=1S/C16H15ClN2O4S/c1-10(20)12-3-6-14(7-4-12)24(22,23)19-16-8-5-13(9-15(16)17)18-11(2)21/h3-9,19H,1-2H3,(H,18,21). The second-order valence-electron chi connectivity index (χ2n) is 5.06. The molecule has 0 aliphatic carbocycles. The Hall–Kier alpha value is -2.38. The van der Waals surface area contributed by atoms with Gasteiger partial charge in [-0.25, -0.2) is 8.42 Å². The summed E-state index contributed by atoms with van der Waals surface area (Å²) in [7, 11) is -3.85. The molecule has 8 heteroatoms. The zero-order chi connectivity index (χ0) is 17.9. The number of carbonyl (C=O) groups excluding carboxylic acids is 2. The van der Waals surface area contributed by atoms with E-state index < -0.39 is 10.0 Å². The minimum absolute atomic E-state index is 0.00880. The maximum atomic E-state index is 12.4. The van der Waals surface area contributed by atoms with Crippen molar-refractivity contribution in [3.8, 4) is 0 Å². The van der Waals surface area contributed by atoms with Crippen molar-refractivity contribution in [2.24, 2.45) is 0 Å². The summed E-state index contributed by atoms with van der Waals surface area (Å²) in [6, 6.07) is 10.0. The van der Waals surface area contributed by atoms with Crippen molar-refractivity contribution >= 4 is 44.7 Å². The molecule has 2 N–H and O–H groups in total. The first-order valence-corrected chi connectivity index (χ1v) is 8.76. The Morgan fingerprint density at radius 3 is 2.12 bits per heavy atom. The quantitative estimate of drug-likeness (QED) is 0.794. The molecule has 0 bridgehead atoms. The van der Waals surface area contributed by atoms with E-state index in [0.29, 0.717) is 11.3 Å². The van der Waals surface area contributed by atoms with Gasteiger partial charge in [0.05, 0.1) is 15.6 Å². The van der Waals surface area contributed by atoms with Gasteiger partial charge in [-0.2, -0.15) is 0 Å². The zero-order valence-corrected chi connectivity index (χ0v) is 14.5. The molecule has 0 aliphatic rings. The Bertz CT molecular complexity index is 893. The number of ketones is 1. The first-order valence-electron chi connectivity index (χ1n) is 6.90. The Kier molecular flexibility index (Phi) is 5.26. The van der Waals surface area contributed by atoms with Crippen LogP contribution in [0.25, 0.3) is 0 Å². The second kappa shape index (κ2) is 7.02. The number of halogens is 1. The number of rotatable bonds is 5. The van der Waals surface area contributed by atoms with Crippen LogP contribution in [0, 0.1) is 0 Å². The molecule has 24 heavy (non-hydrogen) atoms. The number of anilines is 2. The number of benzene rings is 2. The van der Waals surface area contributed by atoms with E-state index in [4.69, 9.17) is 11.6 Å². The maximum absolute atomic E-state index is 12.4. The van der Waals surface area contributed by atoms with Crippen LogP contribution >= 0.6 is 11.6 Å². The summed E-state index contributed by atoms with van der Waals surface area (Å²) in [6.07, 6.45) is 0. The highest BCUT2D eigenvalue weighted by atomic mass is 35.5. The summed E-state index contributed by atoms with van der Waals surface area (Å²) in [5.74, 6) is -0.409. The van der Waals surface area contributed by atoms with Crippen molar-refractivity contribution in [1.29, 1.82) is 0 Å². The third-order valence-electron chi connectivity index (χ3n) is 3.10. The fourth-order valence-electron chi connectivity index (χ4n) is 1.95. The Labute approximate surface area is 144 Å². The highest BCUT2D eigenvalue weighted by Crippen LogP contribution is 2.27. The Morgan fingerprint density at radius 2 is 1.62 bits per heavy atom. The Balaban J connectivity index is 2.25. The molecule has 0 heterocycles. The van der Waals surface area contributed by atoms with Crippen molar-refractivity contribution in [3.63, 3.8) is 0 Å². The predicted molar refractivity (Wildman–Crippen MR) is 93.0 cm³/mol. The third-order valence-corrected chi connectivity index (χ3v) is 4.80. The van der Waals surface area contributed by atoms with Crippen molar-refractivity contribution in [3.05, 3.63) is 53.1 Å². The van der Waals surface area contributed by atoms with Crippen LogP contribution in [0.2, 0.25) is 5.02 Å². The molecule has 126 valence electrons. The average molecular weight is 367 g/mol. The molecule has 0 aliphatic heterocycles. The topological polar surface area (TPSA) is 92.3 Å². The molecule has 0 radical (unpaired) electrons. The van der Waals surface area contributed by atoms with Crippen molar-refractivity contribution in [2.45, 2.75) is 18.7 Å². The molecule has 0 saturated heterocycles. The molecule has 1 amide bonds. The number of sulfonamides is 1. The molecule has 0 spiro atoms. The fraction of sp³-hybridized carbons (Fsp3) is 0.125. The molecule has 2 aromatic carbocycles. The number of nitrogens with one attached hydrogen (secondary N) is 2. The van der Waals surface area contributed by atoms with E-state index in [1.807, 2.05) is 0 Å². The third kappa shape index (κ3) is 4.33. The Morgan fingerprint density at radius 1 is 1.00 bits per heavy atom. The highest BCUT2D eigenvalue weighted by molar-refractivity contribution is 7.92. The minimum atomic E-state index is -3.85. The van der Waals surface area contributed by atoms with Gasteiger partial charge in [0.15, 0.2) is 5.78 Å². The van der Waals surface area contributed by atoms with Gasteiger partial charge in [0, 0.05) is 18.2 Å². The van der Waals surface area contributed by atoms with Crippen LogP contribution in [-0.2, 0) is 14.8 Å². The lowest BCUT2D eigenvalue weighted by atomic mass is 10.2. The number of amides is 1. The average Bonchev–Trinajstić information content (AvgIpc) is 2.49. The SMILES string of the molecule is CC(=O)Nc1ccc(NS(=O)(=O)c2ccc(C(C)=O)cc2)c(Cl)c1. The van der Waals surface area contributed by atoms with Gasteiger partial charge < -0.3 is 5.32 Å². The molecule has 2 aromatic rings. The number of carbonyl (C=O) groups is 2. The smallest absolute Gasteiger partial charge is 0.261 e. The molecular formula is C16H15ClN2O4S. The number of hydrogen-bond acceptors (Lipinski definition) is 4. The summed E-state index contributed by atoms with van der Waals surface area (Å²) in [5.41, 5.74) is 1.06. The number of Topliss-reactive ketones (excluding diaryl/α,β-unsaturated/α-hetero) is 1. The maximum Gasteiger partial charge on any atom is 0.261 e. The van der Waals surface area contributed by atoms with E-state index in [2.05, 4.69) is 10.0 Å². The van der Waals surface area contributed by atoms with Crippen LogP contribution in [-0.4, -0.2) is 20.1 Å². The summed E-state index contributed by atoms with van der Waals surface area (Å²) in [5, 5.41) is 2.70. The number of hydrogen-bond donors (Lipinski definition) is 2. The zero-order valence-electron chi connectivity index (χ0n) is 13.0. The fourth-order valence-corrected chi connectivity index (χ4v) is 3.31. The van der Waals surface area contributed by atoms with Gasteiger partial charge in [0.2, 0.25) is 5.91 Å². The molecule has 0 fully saturated rings. The molecule has 2 rings (SSSR count). The predicted octanol–water partition coefficient (Wildman–Crippen LogP) is 3.30. The van der Waals surface area contributed by atoms with Crippen molar-refractivity contribution in [2.75, 3.05) is 10.0 Å². The van der Waals surface area contributed by atoms with Gasteiger partial charge in [-0.05, 0) is 37.3 Å². The van der Waals surface area contributed by atoms with E-state index in [1.165, 1.54) is 56.3 Å². The van der Waals surface area contributed by atoms with E-state index in [-0.39, 0.29) is 27.3 Å². The van der Waals surface area contributed by atoms with Crippen LogP contribution < -0.4 is 10.0 Å². The van der Waals surface area contributed by atoms with E-state index in [0.717, 1.165) is 0 Å². The van der Waals surface area contributed by atoms with E-state index in [9.17, 15) is 18.0 Å². The minimum Gasteiger partial charge on any atom is -0.326 e. The molecule has 6 nitrogen and oxygen atoms in total. The van der Waals surface area contributed by atoms with Crippen LogP contribution in [0.5, 0.6) is 0 Å². The van der Waals surface area contributed by atoms with E-state index in [1.54, 1.807) is 0 Å². The molecule has 0 saturated carbocycles.